The molecule has 1 atom stereocenters. The molecule has 1 aromatic carbocycles. The summed E-state index contributed by atoms with van der Waals surface area (Å²) in [6, 6.07) is 10.5. The summed E-state index contributed by atoms with van der Waals surface area (Å²) in [7, 11) is 0. The highest BCUT2D eigenvalue weighted by Crippen LogP contribution is 2.28. The highest BCUT2D eigenvalue weighted by atomic mass is 35.5. The summed E-state index contributed by atoms with van der Waals surface area (Å²) < 4.78 is 0.565. The van der Waals surface area contributed by atoms with E-state index < -0.39 is 0 Å². The maximum Gasteiger partial charge on any atom is 0.261 e. The molecule has 124 valence electrons. The SMILES string of the molecule is C=C1C(=O)N(c2ccc(N)cc2)C[C@@H]1CNC(=O)c1ccc(Cl)s1. The van der Waals surface area contributed by atoms with Gasteiger partial charge < -0.3 is 16.0 Å². The van der Waals surface area contributed by atoms with Crippen molar-refractivity contribution < 1.29 is 9.59 Å². The third-order valence-electron chi connectivity index (χ3n) is 3.93. The van der Waals surface area contributed by atoms with E-state index in [9.17, 15) is 9.59 Å². The number of nitrogens with zero attached hydrogens (tertiary/aromatic N) is 1. The molecule has 3 rings (SSSR count). The summed E-state index contributed by atoms with van der Waals surface area (Å²) in [4.78, 5) is 26.7. The number of nitrogens with two attached hydrogens (primary N) is 1. The van der Waals surface area contributed by atoms with Crippen molar-refractivity contribution in [2.75, 3.05) is 23.7 Å². The van der Waals surface area contributed by atoms with Gasteiger partial charge in [0.2, 0.25) is 0 Å². The second kappa shape index (κ2) is 6.67. The van der Waals surface area contributed by atoms with Crippen molar-refractivity contribution in [1.29, 1.82) is 0 Å². The van der Waals surface area contributed by atoms with Gasteiger partial charge in [-0.25, -0.2) is 0 Å². The van der Waals surface area contributed by atoms with E-state index in [4.69, 9.17) is 17.3 Å². The summed E-state index contributed by atoms with van der Waals surface area (Å²) in [6.07, 6.45) is 0. The Balaban J connectivity index is 1.65. The highest BCUT2D eigenvalue weighted by Gasteiger charge is 2.34. The van der Waals surface area contributed by atoms with Crippen molar-refractivity contribution in [3.63, 3.8) is 0 Å². The Kier molecular flexibility index (Phi) is 4.59. The highest BCUT2D eigenvalue weighted by molar-refractivity contribution is 7.17. The first-order chi connectivity index (χ1) is 11.5. The normalized spacial score (nSPS) is 17.4. The van der Waals surface area contributed by atoms with Crippen LogP contribution >= 0.6 is 22.9 Å². The van der Waals surface area contributed by atoms with Gasteiger partial charge in [-0.1, -0.05) is 18.2 Å². The van der Waals surface area contributed by atoms with Crippen molar-refractivity contribution in [2.45, 2.75) is 0 Å². The average molecular weight is 362 g/mol. The first-order valence-corrected chi connectivity index (χ1v) is 8.55. The van der Waals surface area contributed by atoms with Crippen LogP contribution in [0, 0.1) is 5.92 Å². The third kappa shape index (κ3) is 3.29. The van der Waals surface area contributed by atoms with Crippen LogP contribution < -0.4 is 16.0 Å². The first-order valence-electron chi connectivity index (χ1n) is 7.35. The quantitative estimate of drug-likeness (QED) is 0.649. The number of benzene rings is 1. The van der Waals surface area contributed by atoms with E-state index >= 15 is 0 Å². The van der Waals surface area contributed by atoms with E-state index in [-0.39, 0.29) is 17.7 Å². The predicted octanol–water partition coefficient (Wildman–Crippen LogP) is 2.93. The number of hydrogen-bond acceptors (Lipinski definition) is 4. The molecule has 1 saturated heterocycles. The first kappa shape index (κ1) is 16.5. The molecule has 0 radical (unpaired) electrons. The summed E-state index contributed by atoms with van der Waals surface area (Å²) in [5, 5.41) is 2.84. The van der Waals surface area contributed by atoms with E-state index in [2.05, 4.69) is 11.9 Å². The molecule has 5 nitrogen and oxygen atoms in total. The number of carbonyl (C=O) groups excluding carboxylic acids is 2. The van der Waals surface area contributed by atoms with E-state index in [1.165, 1.54) is 11.3 Å². The largest absolute Gasteiger partial charge is 0.399 e. The minimum Gasteiger partial charge on any atom is -0.399 e. The number of hydrogen-bond donors (Lipinski definition) is 2. The van der Waals surface area contributed by atoms with Crippen LogP contribution in [0.3, 0.4) is 0 Å². The lowest BCUT2D eigenvalue weighted by Crippen LogP contribution is -2.31. The van der Waals surface area contributed by atoms with Crippen LogP contribution in [0.5, 0.6) is 0 Å². The zero-order valence-electron chi connectivity index (χ0n) is 12.8. The Morgan fingerprint density at radius 1 is 1.33 bits per heavy atom. The molecule has 7 heteroatoms. The molecular formula is C17H16ClN3O2S. The topological polar surface area (TPSA) is 75.4 Å². The van der Waals surface area contributed by atoms with E-state index in [0.717, 1.165) is 5.69 Å². The number of rotatable bonds is 4. The molecule has 0 saturated carbocycles. The van der Waals surface area contributed by atoms with Gasteiger partial charge in [0.05, 0.1) is 9.21 Å². The Morgan fingerprint density at radius 2 is 2.04 bits per heavy atom. The van der Waals surface area contributed by atoms with Gasteiger partial charge in [0.1, 0.15) is 0 Å². The Hall–Kier alpha value is -2.31. The number of nitrogen functional groups attached to an aromatic ring is 1. The van der Waals surface area contributed by atoms with Crippen molar-refractivity contribution in [3.8, 4) is 0 Å². The Morgan fingerprint density at radius 3 is 2.67 bits per heavy atom. The van der Waals surface area contributed by atoms with Crippen molar-refractivity contribution in [1.82, 2.24) is 5.32 Å². The minimum atomic E-state index is -0.196. The third-order valence-corrected chi connectivity index (χ3v) is 5.16. The fraction of sp³-hybridized carbons (Fsp3) is 0.176. The monoisotopic (exact) mass is 361 g/mol. The lowest BCUT2D eigenvalue weighted by Gasteiger charge is -2.16. The second-order valence-corrected chi connectivity index (χ2v) is 7.26. The molecular weight excluding hydrogens is 346 g/mol. The van der Waals surface area contributed by atoms with Gasteiger partial charge in [-0.05, 0) is 36.4 Å². The van der Waals surface area contributed by atoms with Crippen LogP contribution in [0.1, 0.15) is 9.67 Å². The fourth-order valence-corrected chi connectivity index (χ4v) is 3.52. The molecule has 0 spiro atoms. The molecule has 0 aliphatic carbocycles. The van der Waals surface area contributed by atoms with Gasteiger partial charge in [0.15, 0.2) is 0 Å². The van der Waals surface area contributed by atoms with E-state index in [1.807, 2.05) is 0 Å². The summed E-state index contributed by atoms with van der Waals surface area (Å²) >= 11 is 7.06. The Bertz CT molecular complexity index is 800. The maximum atomic E-state index is 12.4. The maximum absolute atomic E-state index is 12.4. The van der Waals surface area contributed by atoms with Crippen LogP contribution in [0.25, 0.3) is 0 Å². The molecule has 1 fully saturated rings. The zero-order valence-corrected chi connectivity index (χ0v) is 14.4. The van der Waals surface area contributed by atoms with Gasteiger partial charge in [-0.3, -0.25) is 9.59 Å². The number of carbonyl (C=O) groups is 2. The minimum absolute atomic E-state index is 0.127. The molecule has 0 bridgehead atoms. The molecule has 2 amide bonds. The van der Waals surface area contributed by atoms with E-state index in [1.54, 1.807) is 41.3 Å². The number of nitrogens with one attached hydrogen (secondary N) is 1. The second-order valence-electron chi connectivity index (χ2n) is 5.54. The zero-order chi connectivity index (χ0) is 17.3. The van der Waals surface area contributed by atoms with Crippen LogP contribution in [0.4, 0.5) is 11.4 Å². The molecule has 1 aliphatic heterocycles. The molecule has 3 N–H and O–H groups in total. The summed E-state index contributed by atoms with van der Waals surface area (Å²) in [5.74, 6) is -0.453. The molecule has 24 heavy (non-hydrogen) atoms. The fourth-order valence-electron chi connectivity index (χ4n) is 2.57. The lowest BCUT2D eigenvalue weighted by atomic mass is 10.0. The van der Waals surface area contributed by atoms with E-state index in [0.29, 0.717) is 33.6 Å². The lowest BCUT2D eigenvalue weighted by molar-refractivity contribution is -0.114. The smallest absolute Gasteiger partial charge is 0.261 e. The molecule has 1 aliphatic rings. The van der Waals surface area contributed by atoms with Crippen molar-refractivity contribution >= 4 is 46.1 Å². The number of anilines is 2. The van der Waals surface area contributed by atoms with Crippen LogP contribution in [-0.2, 0) is 4.79 Å². The van der Waals surface area contributed by atoms with Gasteiger partial charge in [-0.2, -0.15) is 0 Å². The van der Waals surface area contributed by atoms with Gasteiger partial charge in [0.25, 0.3) is 11.8 Å². The van der Waals surface area contributed by atoms with Crippen molar-refractivity contribution in [3.05, 3.63) is 57.8 Å². The van der Waals surface area contributed by atoms with Crippen LogP contribution in [0.15, 0.2) is 48.6 Å². The summed E-state index contributed by atoms with van der Waals surface area (Å²) in [6.45, 7) is 4.71. The standard InChI is InChI=1S/C17H16ClN3O2S/c1-10-11(8-20-16(22)14-6-7-15(18)24-14)9-21(17(10)23)13-4-2-12(19)3-5-13/h2-7,11H,1,8-9,19H2,(H,20,22)/t11-/m0/s1. The molecule has 1 aromatic heterocycles. The van der Waals surface area contributed by atoms with Gasteiger partial charge >= 0.3 is 0 Å². The number of thiophene rings is 1. The summed E-state index contributed by atoms with van der Waals surface area (Å²) in [5.41, 5.74) is 7.59. The Labute approximate surface area is 148 Å². The van der Waals surface area contributed by atoms with Crippen LogP contribution in [0.2, 0.25) is 4.34 Å². The molecule has 2 heterocycles. The van der Waals surface area contributed by atoms with Crippen LogP contribution in [-0.4, -0.2) is 24.9 Å². The number of amides is 2. The average Bonchev–Trinajstić information content (AvgIpc) is 3.12. The van der Waals surface area contributed by atoms with Gasteiger partial charge in [0, 0.05) is 36.0 Å². The van der Waals surface area contributed by atoms with Crippen molar-refractivity contribution in [2.24, 2.45) is 5.92 Å². The number of halogens is 1. The molecule has 0 unspecified atom stereocenters. The predicted molar refractivity (Wildman–Crippen MR) is 97.5 cm³/mol. The molecule has 2 aromatic rings. The van der Waals surface area contributed by atoms with Gasteiger partial charge in [-0.15, -0.1) is 11.3 Å².